The van der Waals surface area contributed by atoms with Crippen molar-refractivity contribution in [3.63, 3.8) is 0 Å². The molecule has 1 aromatic carbocycles. The van der Waals surface area contributed by atoms with E-state index in [9.17, 15) is 14.5 Å². The molecule has 0 saturated carbocycles. The molecular formula is C14H20FN3O2. The molecule has 1 heterocycles. The van der Waals surface area contributed by atoms with Crippen LogP contribution in [0.25, 0.3) is 0 Å². The molecule has 1 unspecified atom stereocenters. The van der Waals surface area contributed by atoms with Crippen LogP contribution in [0.4, 0.5) is 15.8 Å². The highest BCUT2D eigenvalue weighted by molar-refractivity contribution is 5.62. The highest BCUT2D eigenvalue weighted by atomic mass is 19.1. The number of anilines is 1. The van der Waals surface area contributed by atoms with Crippen LogP contribution >= 0.6 is 0 Å². The first-order chi connectivity index (χ1) is 9.58. The first kappa shape index (κ1) is 14.7. The highest BCUT2D eigenvalue weighted by Gasteiger charge is 2.21. The molecule has 0 aromatic heterocycles. The number of nitro groups is 1. The summed E-state index contributed by atoms with van der Waals surface area (Å²) in [5, 5.41) is 14.0. The van der Waals surface area contributed by atoms with Crippen molar-refractivity contribution in [1.29, 1.82) is 0 Å². The number of nitrogens with zero attached hydrogens (tertiary/aromatic N) is 2. The van der Waals surface area contributed by atoms with Gasteiger partial charge in [0, 0.05) is 12.6 Å². The molecule has 110 valence electrons. The predicted octanol–water partition coefficient (Wildman–Crippen LogP) is 3.02. The minimum Gasteiger partial charge on any atom is -0.376 e. The molecule has 0 aliphatic carbocycles. The number of nitrogens with one attached hydrogen (secondary N) is 1. The minimum absolute atomic E-state index is 0.0357. The standard InChI is InChI=1S/C14H20FN3O2/c1-11(10-17-8-3-2-4-9-17)16-13-7-5-6-12(15)14(13)18(19)20/h5-7,11,16H,2-4,8-10H2,1H3. The van der Waals surface area contributed by atoms with Gasteiger partial charge in [0.1, 0.15) is 5.69 Å². The molecule has 5 nitrogen and oxygen atoms in total. The number of benzene rings is 1. The number of likely N-dealkylation sites (tertiary alicyclic amines) is 1. The van der Waals surface area contributed by atoms with Crippen LogP contribution in [-0.2, 0) is 0 Å². The van der Waals surface area contributed by atoms with E-state index in [-0.39, 0.29) is 11.7 Å². The van der Waals surface area contributed by atoms with Crippen molar-refractivity contribution < 1.29 is 9.31 Å². The van der Waals surface area contributed by atoms with Gasteiger partial charge in [0.15, 0.2) is 0 Å². The molecule has 1 aliphatic rings. The van der Waals surface area contributed by atoms with Crippen LogP contribution in [0.1, 0.15) is 26.2 Å². The fraction of sp³-hybridized carbons (Fsp3) is 0.571. The van der Waals surface area contributed by atoms with Gasteiger partial charge in [-0.3, -0.25) is 10.1 Å². The minimum atomic E-state index is -0.801. The summed E-state index contributed by atoms with van der Waals surface area (Å²) in [7, 11) is 0. The van der Waals surface area contributed by atoms with Crippen LogP contribution in [0.15, 0.2) is 18.2 Å². The highest BCUT2D eigenvalue weighted by Crippen LogP contribution is 2.27. The Morgan fingerprint density at radius 3 is 2.75 bits per heavy atom. The topological polar surface area (TPSA) is 58.4 Å². The van der Waals surface area contributed by atoms with E-state index in [4.69, 9.17) is 0 Å². The lowest BCUT2D eigenvalue weighted by Gasteiger charge is -2.29. The molecule has 1 aliphatic heterocycles. The summed E-state index contributed by atoms with van der Waals surface area (Å²) in [5.41, 5.74) is -0.225. The molecule has 1 N–H and O–H groups in total. The maximum atomic E-state index is 13.5. The van der Waals surface area contributed by atoms with E-state index in [0.717, 1.165) is 25.7 Å². The molecule has 0 amide bonds. The number of nitro benzene ring substituents is 1. The summed E-state index contributed by atoms with van der Waals surface area (Å²) in [6, 6.07) is 4.18. The monoisotopic (exact) mass is 281 g/mol. The Labute approximate surface area is 117 Å². The second kappa shape index (κ2) is 6.65. The number of rotatable bonds is 5. The van der Waals surface area contributed by atoms with Gasteiger partial charge in [-0.25, -0.2) is 0 Å². The van der Waals surface area contributed by atoms with Crippen LogP contribution in [0.5, 0.6) is 0 Å². The van der Waals surface area contributed by atoms with Gasteiger partial charge >= 0.3 is 5.69 Å². The third-order valence-corrected chi connectivity index (χ3v) is 3.55. The second-order valence-electron chi connectivity index (χ2n) is 5.30. The second-order valence-corrected chi connectivity index (χ2v) is 5.30. The molecule has 6 heteroatoms. The number of hydrogen-bond donors (Lipinski definition) is 1. The Balaban J connectivity index is 2.01. The number of para-hydroxylation sites is 1. The lowest BCUT2D eigenvalue weighted by Crippen LogP contribution is -2.38. The summed E-state index contributed by atoms with van der Waals surface area (Å²) in [4.78, 5) is 12.6. The van der Waals surface area contributed by atoms with E-state index in [1.807, 2.05) is 6.92 Å². The van der Waals surface area contributed by atoms with E-state index < -0.39 is 16.4 Å². The van der Waals surface area contributed by atoms with Gasteiger partial charge in [-0.15, -0.1) is 0 Å². The Morgan fingerprint density at radius 1 is 1.40 bits per heavy atom. The van der Waals surface area contributed by atoms with Crippen LogP contribution in [-0.4, -0.2) is 35.5 Å². The fourth-order valence-electron chi connectivity index (χ4n) is 2.66. The largest absolute Gasteiger partial charge is 0.376 e. The van der Waals surface area contributed by atoms with Gasteiger partial charge in [0.25, 0.3) is 0 Å². The van der Waals surface area contributed by atoms with Crippen molar-refractivity contribution in [2.75, 3.05) is 25.0 Å². The zero-order valence-corrected chi connectivity index (χ0v) is 11.6. The SMILES string of the molecule is CC(CN1CCCCC1)Nc1cccc(F)c1[N+](=O)[O-]. The lowest BCUT2D eigenvalue weighted by molar-refractivity contribution is -0.386. The van der Waals surface area contributed by atoms with Crippen molar-refractivity contribution in [1.82, 2.24) is 4.90 Å². The van der Waals surface area contributed by atoms with Gasteiger partial charge in [0.2, 0.25) is 5.82 Å². The Morgan fingerprint density at radius 2 is 2.10 bits per heavy atom. The van der Waals surface area contributed by atoms with E-state index in [1.165, 1.54) is 25.3 Å². The summed E-state index contributed by atoms with van der Waals surface area (Å²) >= 11 is 0. The van der Waals surface area contributed by atoms with Crippen molar-refractivity contribution in [2.24, 2.45) is 0 Å². The molecule has 0 radical (unpaired) electrons. The van der Waals surface area contributed by atoms with Crippen molar-refractivity contribution in [3.8, 4) is 0 Å². The van der Waals surface area contributed by atoms with Crippen LogP contribution in [0, 0.1) is 15.9 Å². The maximum absolute atomic E-state index is 13.5. The van der Waals surface area contributed by atoms with Crippen LogP contribution < -0.4 is 5.32 Å². The molecule has 20 heavy (non-hydrogen) atoms. The Kier molecular flexibility index (Phi) is 4.89. The normalized spacial score (nSPS) is 17.7. The van der Waals surface area contributed by atoms with Gasteiger partial charge in [0.05, 0.1) is 4.92 Å². The fourth-order valence-corrected chi connectivity index (χ4v) is 2.66. The Bertz CT molecular complexity index is 475. The molecule has 1 aromatic rings. The Hall–Kier alpha value is -1.69. The number of halogens is 1. The van der Waals surface area contributed by atoms with Crippen molar-refractivity contribution >= 4 is 11.4 Å². The van der Waals surface area contributed by atoms with Gasteiger partial charge < -0.3 is 10.2 Å². The molecular weight excluding hydrogens is 261 g/mol. The average Bonchev–Trinajstić information content (AvgIpc) is 2.39. The summed E-state index contributed by atoms with van der Waals surface area (Å²) in [6.07, 6.45) is 3.67. The molecule has 2 rings (SSSR count). The molecule has 1 atom stereocenters. The first-order valence-corrected chi connectivity index (χ1v) is 6.99. The number of hydrogen-bond acceptors (Lipinski definition) is 4. The van der Waals surface area contributed by atoms with Gasteiger partial charge in [-0.05, 0) is 45.0 Å². The molecule has 1 saturated heterocycles. The zero-order valence-electron chi connectivity index (χ0n) is 11.6. The maximum Gasteiger partial charge on any atom is 0.327 e. The van der Waals surface area contributed by atoms with E-state index >= 15 is 0 Å². The van der Waals surface area contributed by atoms with Crippen molar-refractivity contribution in [2.45, 2.75) is 32.2 Å². The average molecular weight is 281 g/mol. The predicted molar refractivity (Wildman–Crippen MR) is 76.4 cm³/mol. The van der Waals surface area contributed by atoms with Crippen LogP contribution in [0.3, 0.4) is 0 Å². The van der Waals surface area contributed by atoms with Gasteiger partial charge in [-0.1, -0.05) is 12.5 Å². The lowest BCUT2D eigenvalue weighted by atomic mass is 10.1. The molecule has 0 bridgehead atoms. The zero-order chi connectivity index (χ0) is 14.5. The molecule has 0 spiro atoms. The first-order valence-electron chi connectivity index (χ1n) is 6.99. The summed E-state index contributed by atoms with van der Waals surface area (Å²) in [5.74, 6) is -0.801. The van der Waals surface area contributed by atoms with E-state index in [0.29, 0.717) is 0 Å². The van der Waals surface area contributed by atoms with E-state index in [2.05, 4.69) is 10.2 Å². The molecule has 1 fully saturated rings. The quantitative estimate of drug-likeness (QED) is 0.665. The van der Waals surface area contributed by atoms with E-state index in [1.54, 1.807) is 6.07 Å². The third-order valence-electron chi connectivity index (χ3n) is 3.55. The smallest absolute Gasteiger partial charge is 0.327 e. The van der Waals surface area contributed by atoms with Crippen LogP contribution in [0.2, 0.25) is 0 Å². The third kappa shape index (κ3) is 3.66. The summed E-state index contributed by atoms with van der Waals surface area (Å²) in [6.45, 7) is 4.91. The van der Waals surface area contributed by atoms with Crippen molar-refractivity contribution in [3.05, 3.63) is 34.1 Å². The van der Waals surface area contributed by atoms with Gasteiger partial charge in [-0.2, -0.15) is 4.39 Å². The summed E-state index contributed by atoms with van der Waals surface area (Å²) < 4.78 is 13.5. The number of piperidine rings is 1.